The van der Waals surface area contributed by atoms with Gasteiger partial charge in [0.1, 0.15) is 5.78 Å². The summed E-state index contributed by atoms with van der Waals surface area (Å²) in [5.74, 6) is 0.423. The predicted molar refractivity (Wildman–Crippen MR) is 45.6 cm³/mol. The number of nitrogens with one attached hydrogen (secondary N) is 1. The number of Topliss-reactive ketones (excluding diaryl/α,β-unsaturated/α-hetero) is 1. The topological polar surface area (TPSA) is 29.1 Å². The van der Waals surface area contributed by atoms with Gasteiger partial charge < -0.3 is 5.32 Å². The van der Waals surface area contributed by atoms with E-state index in [1.807, 2.05) is 0 Å². The van der Waals surface area contributed by atoms with Gasteiger partial charge in [-0.2, -0.15) is 0 Å². The molecule has 1 aliphatic heterocycles. The second-order valence-corrected chi connectivity index (χ2v) is 3.29. The summed E-state index contributed by atoms with van der Waals surface area (Å²) in [6.07, 6.45) is 4.94. The molecule has 0 amide bonds. The highest BCUT2D eigenvalue weighted by Gasteiger charge is 2.16. The Hall–Kier alpha value is -0.370. The zero-order valence-corrected chi connectivity index (χ0v) is 7.23. The van der Waals surface area contributed by atoms with E-state index in [2.05, 4.69) is 12.2 Å². The van der Waals surface area contributed by atoms with E-state index in [4.69, 9.17) is 0 Å². The van der Waals surface area contributed by atoms with Gasteiger partial charge in [0.05, 0.1) is 0 Å². The standard InChI is InChI=1S/C9H17NO/c1-2-4-9(11)7-8-5-3-6-10-8/h8,10H,2-7H2,1H3. The van der Waals surface area contributed by atoms with Gasteiger partial charge in [-0.05, 0) is 25.8 Å². The summed E-state index contributed by atoms with van der Waals surface area (Å²) >= 11 is 0. The number of ketones is 1. The first kappa shape index (κ1) is 8.72. The van der Waals surface area contributed by atoms with Gasteiger partial charge in [0.15, 0.2) is 0 Å². The molecule has 0 aromatic carbocycles. The molecule has 1 unspecified atom stereocenters. The number of hydrogen-bond donors (Lipinski definition) is 1. The molecule has 0 radical (unpaired) electrons. The van der Waals surface area contributed by atoms with Crippen molar-refractivity contribution in [3.63, 3.8) is 0 Å². The van der Waals surface area contributed by atoms with Crippen LogP contribution in [0.4, 0.5) is 0 Å². The van der Waals surface area contributed by atoms with Crippen LogP contribution >= 0.6 is 0 Å². The number of rotatable bonds is 4. The van der Waals surface area contributed by atoms with Crippen molar-refractivity contribution in [3.05, 3.63) is 0 Å². The molecule has 0 aromatic heterocycles. The minimum Gasteiger partial charge on any atom is -0.314 e. The first-order valence-corrected chi connectivity index (χ1v) is 4.58. The van der Waals surface area contributed by atoms with Crippen molar-refractivity contribution < 1.29 is 4.79 Å². The lowest BCUT2D eigenvalue weighted by atomic mass is 10.1. The van der Waals surface area contributed by atoms with Crippen molar-refractivity contribution in [1.82, 2.24) is 5.32 Å². The van der Waals surface area contributed by atoms with Gasteiger partial charge in [-0.1, -0.05) is 6.92 Å². The molecule has 1 fully saturated rings. The number of hydrogen-bond acceptors (Lipinski definition) is 2. The largest absolute Gasteiger partial charge is 0.314 e. The summed E-state index contributed by atoms with van der Waals surface area (Å²) in [6, 6.07) is 0.494. The van der Waals surface area contributed by atoms with Crippen molar-refractivity contribution in [2.75, 3.05) is 6.54 Å². The van der Waals surface area contributed by atoms with Crippen LogP contribution in [-0.2, 0) is 4.79 Å². The third-order valence-corrected chi connectivity index (χ3v) is 2.17. The van der Waals surface area contributed by atoms with Gasteiger partial charge >= 0.3 is 0 Å². The average molecular weight is 155 g/mol. The second-order valence-electron chi connectivity index (χ2n) is 3.29. The van der Waals surface area contributed by atoms with Gasteiger partial charge in [0.2, 0.25) is 0 Å². The summed E-state index contributed by atoms with van der Waals surface area (Å²) in [5, 5.41) is 3.33. The fourth-order valence-corrected chi connectivity index (χ4v) is 1.59. The molecule has 2 nitrogen and oxygen atoms in total. The van der Waals surface area contributed by atoms with Crippen LogP contribution < -0.4 is 5.32 Å². The highest BCUT2D eigenvalue weighted by Crippen LogP contribution is 2.10. The lowest BCUT2D eigenvalue weighted by Crippen LogP contribution is -2.24. The zero-order chi connectivity index (χ0) is 8.10. The molecule has 0 aliphatic carbocycles. The van der Waals surface area contributed by atoms with Gasteiger partial charge in [-0.3, -0.25) is 4.79 Å². The molecule has 0 bridgehead atoms. The minimum absolute atomic E-state index is 0.423. The van der Waals surface area contributed by atoms with Gasteiger partial charge in [-0.15, -0.1) is 0 Å². The average Bonchev–Trinajstić information content (AvgIpc) is 2.40. The molecule has 0 aromatic rings. The van der Waals surface area contributed by atoms with E-state index in [0.717, 1.165) is 25.8 Å². The first-order chi connectivity index (χ1) is 5.33. The maximum absolute atomic E-state index is 11.2. The van der Waals surface area contributed by atoms with Crippen LogP contribution in [-0.4, -0.2) is 18.4 Å². The summed E-state index contributed by atoms with van der Waals surface area (Å²) in [5.41, 5.74) is 0. The monoisotopic (exact) mass is 155 g/mol. The first-order valence-electron chi connectivity index (χ1n) is 4.58. The molecule has 11 heavy (non-hydrogen) atoms. The molecule has 1 rings (SSSR count). The Labute approximate surface area is 68.4 Å². The Kier molecular flexibility index (Phi) is 3.57. The van der Waals surface area contributed by atoms with Crippen molar-refractivity contribution in [2.24, 2.45) is 0 Å². The molecular formula is C9H17NO. The maximum Gasteiger partial charge on any atom is 0.134 e. The molecular weight excluding hydrogens is 138 g/mol. The molecule has 1 atom stereocenters. The van der Waals surface area contributed by atoms with Gasteiger partial charge in [0.25, 0.3) is 0 Å². The van der Waals surface area contributed by atoms with E-state index < -0.39 is 0 Å². The Bertz CT molecular complexity index is 128. The molecule has 1 saturated heterocycles. The van der Waals surface area contributed by atoms with Gasteiger partial charge in [0, 0.05) is 18.9 Å². The molecule has 0 spiro atoms. The summed E-state index contributed by atoms with van der Waals surface area (Å²) < 4.78 is 0. The van der Waals surface area contributed by atoms with Crippen molar-refractivity contribution in [3.8, 4) is 0 Å². The van der Waals surface area contributed by atoms with E-state index in [1.54, 1.807) is 0 Å². The zero-order valence-electron chi connectivity index (χ0n) is 7.23. The Morgan fingerprint density at radius 2 is 2.45 bits per heavy atom. The van der Waals surface area contributed by atoms with Crippen LogP contribution in [0.2, 0.25) is 0 Å². The molecule has 1 heterocycles. The molecule has 0 saturated carbocycles. The highest BCUT2D eigenvalue weighted by molar-refractivity contribution is 5.78. The van der Waals surface area contributed by atoms with Crippen LogP contribution in [0.15, 0.2) is 0 Å². The Morgan fingerprint density at radius 1 is 1.64 bits per heavy atom. The SMILES string of the molecule is CCCC(=O)CC1CCCN1. The molecule has 2 heteroatoms. The summed E-state index contributed by atoms with van der Waals surface area (Å²) in [7, 11) is 0. The van der Waals surface area contributed by atoms with Crippen molar-refractivity contribution in [2.45, 2.75) is 45.1 Å². The number of carbonyl (C=O) groups excluding carboxylic acids is 1. The lowest BCUT2D eigenvalue weighted by Gasteiger charge is -2.07. The highest BCUT2D eigenvalue weighted by atomic mass is 16.1. The van der Waals surface area contributed by atoms with E-state index in [9.17, 15) is 4.79 Å². The maximum atomic E-state index is 11.2. The second kappa shape index (κ2) is 4.50. The fraction of sp³-hybridized carbons (Fsp3) is 0.889. The molecule has 1 N–H and O–H groups in total. The normalized spacial score (nSPS) is 23.9. The summed E-state index contributed by atoms with van der Waals surface area (Å²) in [6.45, 7) is 3.16. The Balaban J connectivity index is 2.13. The Morgan fingerprint density at radius 3 is 3.00 bits per heavy atom. The number of carbonyl (C=O) groups is 1. The summed E-state index contributed by atoms with van der Waals surface area (Å²) in [4.78, 5) is 11.2. The van der Waals surface area contributed by atoms with Crippen LogP contribution in [0, 0.1) is 0 Å². The van der Waals surface area contributed by atoms with Crippen LogP contribution in [0.5, 0.6) is 0 Å². The van der Waals surface area contributed by atoms with Crippen molar-refractivity contribution in [1.29, 1.82) is 0 Å². The fourth-order valence-electron chi connectivity index (χ4n) is 1.59. The van der Waals surface area contributed by atoms with E-state index in [-0.39, 0.29) is 0 Å². The molecule has 1 aliphatic rings. The lowest BCUT2D eigenvalue weighted by molar-refractivity contribution is -0.119. The van der Waals surface area contributed by atoms with Crippen LogP contribution in [0.1, 0.15) is 39.0 Å². The third-order valence-electron chi connectivity index (χ3n) is 2.17. The smallest absolute Gasteiger partial charge is 0.134 e. The van der Waals surface area contributed by atoms with E-state index in [1.165, 1.54) is 12.8 Å². The van der Waals surface area contributed by atoms with E-state index in [0.29, 0.717) is 11.8 Å². The van der Waals surface area contributed by atoms with E-state index >= 15 is 0 Å². The molecule has 64 valence electrons. The predicted octanol–water partition coefficient (Wildman–Crippen LogP) is 1.50. The van der Waals surface area contributed by atoms with Crippen LogP contribution in [0.3, 0.4) is 0 Å². The minimum atomic E-state index is 0.423. The van der Waals surface area contributed by atoms with Gasteiger partial charge in [-0.25, -0.2) is 0 Å². The van der Waals surface area contributed by atoms with Crippen molar-refractivity contribution >= 4 is 5.78 Å². The quantitative estimate of drug-likeness (QED) is 0.666. The van der Waals surface area contributed by atoms with Crippen LogP contribution in [0.25, 0.3) is 0 Å². The third kappa shape index (κ3) is 3.02.